The minimum atomic E-state index is -0.282. The first-order chi connectivity index (χ1) is 16.9. The first-order valence-electron chi connectivity index (χ1n) is 12.8. The Labute approximate surface area is 207 Å². The van der Waals surface area contributed by atoms with Crippen molar-refractivity contribution in [3.05, 3.63) is 71.3 Å². The van der Waals surface area contributed by atoms with E-state index in [1.807, 2.05) is 4.90 Å². The van der Waals surface area contributed by atoms with E-state index < -0.39 is 0 Å². The van der Waals surface area contributed by atoms with Gasteiger partial charge in [0.25, 0.3) is 0 Å². The lowest BCUT2D eigenvalue weighted by molar-refractivity contribution is -0.136. The van der Waals surface area contributed by atoms with E-state index in [1.165, 1.54) is 24.3 Å². The van der Waals surface area contributed by atoms with Gasteiger partial charge in [0.1, 0.15) is 11.6 Å². The molecule has 0 bridgehead atoms. The van der Waals surface area contributed by atoms with E-state index in [1.54, 1.807) is 24.3 Å². The molecule has 0 spiro atoms. The van der Waals surface area contributed by atoms with Crippen LogP contribution in [0.15, 0.2) is 48.5 Å². The normalized spacial score (nSPS) is 18.9. The van der Waals surface area contributed by atoms with Crippen LogP contribution in [0.5, 0.6) is 0 Å². The minimum absolute atomic E-state index is 0.125. The monoisotopic (exact) mass is 485 g/mol. The smallest absolute Gasteiger partial charge is 0.239 e. The van der Waals surface area contributed by atoms with Gasteiger partial charge in [0, 0.05) is 45.4 Å². The van der Waals surface area contributed by atoms with Crippen LogP contribution in [0.25, 0.3) is 0 Å². The third-order valence-electron chi connectivity index (χ3n) is 7.03. The van der Waals surface area contributed by atoms with Crippen LogP contribution in [-0.2, 0) is 9.53 Å². The van der Waals surface area contributed by atoms with Crippen LogP contribution in [0.4, 0.5) is 8.78 Å². The van der Waals surface area contributed by atoms with E-state index in [9.17, 15) is 13.6 Å². The second-order valence-corrected chi connectivity index (χ2v) is 10.1. The van der Waals surface area contributed by atoms with Gasteiger partial charge in [-0.05, 0) is 60.6 Å². The highest BCUT2D eigenvalue weighted by Gasteiger charge is 2.32. The molecule has 4 rings (SSSR count). The van der Waals surface area contributed by atoms with Crippen LogP contribution in [-0.4, -0.2) is 67.2 Å². The number of carbonyl (C=O) groups is 1. The Morgan fingerprint density at radius 2 is 1.43 bits per heavy atom. The van der Waals surface area contributed by atoms with Crippen molar-refractivity contribution in [1.82, 2.24) is 15.1 Å². The third kappa shape index (κ3) is 6.87. The fourth-order valence-corrected chi connectivity index (χ4v) is 5.19. The molecule has 2 aromatic carbocycles. The van der Waals surface area contributed by atoms with Crippen LogP contribution in [0.3, 0.4) is 0 Å². The van der Waals surface area contributed by atoms with Crippen LogP contribution in [0, 0.1) is 17.6 Å². The number of hydrogen-bond donors (Lipinski definition) is 1. The van der Waals surface area contributed by atoms with Gasteiger partial charge in [0.15, 0.2) is 0 Å². The van der Waals surface area contributed by atoms with Crippen molar-refractivity contribution >= 4 is 5.91 Å². The van der Waals surface area contributed by atoms with Gasteiger partial charge in [0.2, 0.25) is 5.91 Å². The van der Waals surface area contributed by atoms with E-state index in [-0.39, 0.29) is 29.6 Å². The van der Waals surface area contributed by atoms with Crippen LogP contribution < -0.4 is 5.32 Å². The number of nitrogens with zero attached hydrogens (tertiary/aromatic N) is 2. The molecular weight excluding hydrogens is 448 g/mol. The molecule has 2 aliphatic rings. The second-order valence-electron chi connectivity index (χ2n) is 10.1. The molecule has 0 saturated carbocycles. The van der Waals surface area contributed by atoms with Gasteiger partial charge < -0.3 is 15.0 Å². The molecule has 1 unspecified atom stereocenters. The molecule has 2 aromatic rings. The number of halogens is 2. The Morgan fingerprint density at radius 3 is 1.91 bits per heavy atom. The zero-order valence-electron chi connectivity index (χ0n) is 20.8. The predicted octanol–water partition coefficient (Wildman–Crippen LogP) is 4.38. The van der Waals surface area contributed by atoms with Gasteiger partial charge >= 0.3 is 0 Å². The minimum Gasteiger partial charge on any atom is -0.381 e. The van der Waals surface area contributed by atoms with Gasteiger partial charge in [-0.15, -0.1) is 0 Å². The molecule has 190 valence electrons. The molecule has 1 N–H and O–H groups in total. The lowest BCUT2D eigenvalue weighted by Gasteiger charge is -2.41. The zero-order chi connectivity index (χ0) is 24.8. The zero-order valence-corrected chi connectivity index (χ0v) is 20.8. The fraction of sp³-hybridized carbons (Fsp3) is 0.536. The molecule has 1 atom stereocenters. The summed E-state index contributed by atoms with van der Waals surface area (Å²) in [6.45, 7) is 8.43. The van der Waals surface area contributed by atoms with Gasteiger partial charge in [-0.1, -0.05) is 38.1 Å². The number of amides is 1. The highest BCUT2D eigenvalue weighted by atomic mass is 19.1. The molecule has 2 heterocycles. The van der Waals surface area contributed by atoms with E-state index in [4.69, 9.17) is 4.74 Å². The molecule has 7 heteroatoms. The van der Waals surface area contributed by atoms with E-state index >= 15 is 0 Å². The summed E-state index contributed by atoms with van der Waals surface area (Å²) < 4.78 is 32.7. The summed E-state index contributed by atoms with van der Waals surface area (Å²) in [6.07, 6.45) is 2.68. The topological polar surface area (TPSA) is 44.8 Å². The van der Waals surface area contributed by atoms with E-state index in [0.717, 1.165) is 43.6 Å². The number of piperazine rings is 1. The number of nitrogens with one attached hydrogen (secondary N) is 1. The van der Waals surface area contributed by atoms with Crippen molar-refractivity contribution < 1.29 is 18.3 Å². The first kappa shape index (κ1) is 25.7. The summed E-state index contributed by atoms with van der Waals surface area (Å²) >= 11 is 0. The van der Waals surface area contributed by atoms with Gasteiger partial charge in [-0.2, -0.15) is 0 Å². The fourth-order valence-electron chi connectivity index (χ4n) is 5.19. The third-order valence-corrected chi connectivity index (χ3v) is 7.03. The second kappa shape index (κ2) is 12.1. The largest absolute Gasteiger partial charge is 0.381 e. The number of ether oxygens (including phenoxy) is 1. The maximum Gasteiger partial charge on any atom is 0.239 e. The Hall–Kier alpha value is -2.35. The number of rotatable bonds is 8. The molecule has 0 radical (unpaired) electrons. The van der Waals surface area contributed by atoms with Crippen molar-refractivity contribution in [3.8, 4) is 0 Å². The lowest BCUT2D eigenvalue weighted by Crippen LogP contribution is -2.56. The maximum atomic E-state index is 13.6. The van der Waals surface area contributed by atoms with Crippen molar-refractivity contribution in [1.29, 1.82) is 0 Å². The quantitative estimate of drug-likeness (QED) is 0.603. The number of hydrogen-bond acceptors (Lipinski definition) is 4. The van der Waals surface area contributed by atoms with Crippen LogP contribution >= 0.6 is 0 Å². The Bertz CT molecular complexity index is 892. The first-order valence-corrected chi connectivity index (χ1v) is 12.8. The molecule has 2 fully saturated rings. The molecule has 2 saturated heterocycles. The van der Waals surface area contributed by atoms with Crippen molar-refractivity contribution in [2.24, 2.45) is 5.92 Å². The van der Waals surface area contributed by atoms with E-state index in [0.29, 0.717) is 38.1 Å². The van der Waals surface area contributed by atoms with E-state index in [2.05, 4.69) is 24.1 Å². The van der Waals surface area contributed by atoms with Crippen molar-refractivity contribution in [2.75, 3.05) is 39.4 Å². The lowest BCUT2D eigenvalue weighted by atomic mass is 9.96. The molecule has 2 aliphatic heterocycles. The van der Waals surface area contributed by atoms with Gasteiger partial charge in [-0.3, -0.25) is 9.69 Å². The number of carbonyl (C=O) groups excluding carboxylic acids is 1. The number of benzene rings is 2. The average molecular weight is 486 g/mol. The highest BCUT2D eigenvalue weighted by molar-refractivity contribution is 5.82. The summed E-state index contributed by atoms with van der Waals surface area (Å²) in [6, 6.07) is 13.0. The van der Waals surface area contributed by atoms with Crippen LogP contribution in [0.1, 0.15) is 50.3 Å². The standard InChI is InChI=1S/C28H37F2N3O2/c1-20(2)19-26(31-25-11-17-35-18-12-25)28(34)33-15-13-32(14-16-33)27(21-3-7-23(29)8-4-21)22-5-9-24(30)10-6-22/h3-10,20,25-27,31H,11-19H2,1-2H3. The SMILES string of the molecule is CC(C)CC(NC1CCOCC1)C(=O)N1CCN(C(c2ccc(F)cc2)c2ccc(F)cc2)CC1. The van der Waals surface area contributed by atoms with Gasteiger partial charge in [0.05, 0.1) is 12.1 Å². The van der Waals surface area contributed by atoms with Gasteiger partial charge in [-0.25, -0.2) is 8.78 Å². The van der Waals surface area contributed by atoms with Crippen molar-refractivity contribution in [2.45, 2.75) is 51.2 Å². The molecule has 35 heavy (non-hydrogen) atoms. The Morgan fingerprint density at radius 1 is 0.914 bits per heavy atom. The molecule has 0 aromatic heterocycles. The Balaban J connectivity index is 1.45. The molecule has 0 aliphatic carbocycles. The summed E-state index contributed by atoms with van der Waals surface area (Å²) in [5.74, 6) is 0.0226. The summed E-state index contributed by atoms with van der Waals surface area (Å²) in [7, 11) is 0. The molecule has 1 amide bonds. The van der Waals surface area contributed by atoms with Crippen LogP contribution in [0.2, 0.25) is 0 Å². The predicted molar refractivity (Wildman–Crippen MR) is 133 cm³/mol. The summed E-state index contributed by atoms with van der Waals surface area (Å²) in [5.41, 5.74) is 1.91. The summed E-state index contributed by atoms with van der Waals surface area (Å²) in [5, 5.41) is 3.62. The Kier molecular flexibility index (Phi) is 8.87. The molecule has 5 nitrogen and oxygen atoms in total. The molecular formula is C28H37F2N3O2. The highest BCUT2D eigenvalue weighted by Crippen LogP contribution is 2.30. The average Bonchev–Trinajstić information content (AvgIpc) is 2.86. The summed E-state index contributed by atoms with van der Waals surface area (Å²) in [4.78, 5) is 17.8. The van der Waals surface area contributed by atoms with Crippen molar-refractivity contribution in [3.63, 3.8) is 0 Å². The maximum absolute atomic E-state index is 13.6.